The Kier molecular flexibility index (Phi) is 3.62. The van der Waals surface area contributed by atoms with Crippen molar-refractivity contribution >= 4 is 0 Å². The summed E-state index contributed by atoms with van der Waals surface area (Å²) in [4.78, 5) is 0. The van der Waals surface area contributed by atoms with E-state index in [1.807, 2.05) is 19.1 Å². The second-order valence-corrected chi connectivity index (χ2v) is 6.59. The third kappa shape index (κ3) is 2.69. The normalized spacial score (nSPS) is 30.8. The minimum absolute atomic E-state index is 0.0909. The monoisotopic (exact) mass is 261 g/mol. The van der Waals surface area contributed by atoms with Crippen molar-refractivity contribution in [2.75, 3.05) is 0 Å². The standard InChI is InChI=1S/C17H24FN/c1-11-3-4-14(9-17(11)18)10-19-12(2)16-8-13-5-6-15(16)7-13/h3-4,9,12-13,15-16,19H,5-8,10H2,1-2H3. The summed E-state index contributed by atoms with van der Waals surface area (Å²) in [5, 5.41) is 3.61. The first-order valence-electron chi connectivity index (χ1n) is 7.62. The Labute approximate surface area is 115 Å². The van der Waals surface area contributed by atoms with Crippen LogP contribution in [-0.2, 0) is 6.54 Å². The first-order valence-corrected chi connectivity index (χ1v) is 7.62. The van der Waals surface area contributed by atoms with Crippen molar-refractivity contribution in [1.82, 2.24) is 5.32 Å². The highest BCUT2D eigenvalue weighted by atomic mass is 19.1. The Hall–Kier alpha value is -0.890. The quantitative estimate of drug-likeness (QED) is 0.862. The number of aryl methyl sites for hydroxylation is 1. The molecule has 2 fully saturated rings. The van der Waals surface area contributed by atoms with Gasteiger partial charge in [0.15, 0.2) is 0 Å². The predicted octanol–water partition coefficient (Wildman–Crippen LogP) is 4.05. The summed E-state index contributed by atoms with van der Waals surface area (Å²) in [7, 11) is 0. The van der Waals surface area contributed by atoms with Crippen LogP contribution in [0.15, 0.2) is 18.2 Å². The van der Waals surface area contributed by atoms with Gasteiger partial charge in [-0.1, -0.05) is 18.6 Å². The fraction of sp³-hybridized carbons (Fsp3) is 0.647. The summed E-state index contributed by atoms with van der Waals surface area (Å²) < 4.78 is 13.5. The van der Waals surface area contributed by atoms with Crippen molar-refractivity contribution in [3.8, 4) is 0 Å². The van der Waals surface area contributed by atoms with Gasteiger partial charge in [-0.15, -0.1) is 0 Å². The van der Waals surface area contributed by atoms with E-state index in [9.17, 15) is 4.39 Å². The molecule has 3 rings (SSSR count). The lowest BCUT2D eigenvalue weighted by atomic mass is 9.84. The van der Waals surface area contributed by atoms with Crippen LogP contribution in [0.25, 0.3) is 0 Å². The molecule has 2 heteroatoms. The van der Waals surface area contributed by atoms with Crippen LogP contribution < -0.4 is 5.32 Å². The Morgan fingerprint density at radius 2 is 2.16 bits per heavy atom. The molecule has 104 valence electrons. The average Bonchev–Trinajstić information content (AvgIpc) is 3.02. The van der Waals surface area contributed by atoms with Gasteiger partial charge in [-0.25, -0.2) is 4.39 Å². The van der Waals surface area contributed by atoms with Crippen LogP contribution >= 0.6 is 0 Å². The second-order valence-electron chi connectivity index (χ2n) is 6.59. The SMILES string of the molecule is Cc1ccc(CNC(C)C2CC3CCC2C3)cc1F. The summed E-state index contributed by atoms with van der Waals surface area (Å²) >= 11 is 0. The van der Waals surface area contributed by atoms with Crippen molar-refractivity contribution < 1.29 is 4.39 Å². The Bertz CT molecular complexity index is 457. The van der Waals surface area contributed by atoms with E-state index >= 15 is 0 Å². The molecular formula is C17H24FN. The molecule has 1 nitrogen and oxygen atoms in total. The van der Waals surface area contributed by atoms with Gasteiger partial charge < -0.3 is 5.32 Å². The largest absolute Gasteiger partial charge is 0.310 e. The number of fused-ring (bicyclic) bond motifs is 2. The molecular weight excluding hydrogens is 237 g/mol. The molecule has 0 radical (unpaired) electrons. The van der Waals surface area contributed by atoms with Crippen molar-refractivity contribution in [1.29, 1.82) is 0 Å². The van der Waals surface area contributed by atoms with Gasteiger partial charge in [0.05, 0.1) is 0 Å². The molecule has 1 aromatic rings. The maximum Gasteiger partial charge on any atom is 0.126 e. The van der Waals surface area contributed by atoms with Crippen LogP contribution in [0.5, 0.6) is 0 Å². The van der Waals surface area contributed by atoms with E-state index in [2.05, 4.69) is 12.2 Å². The number of hydrogen-bond donors (Lipinski definition) is 1. The van der Waals surface area contributed by atoms with E-state index in [-0.39, 0.29) is 5.82 Å². The smallest absolute Gasteiger partial charge is 0.126 e. The molecule has 4 atom stereocenters. The van der Waals surface area contributed by atoms with Gasteiger partial charge in [-0.05, 0) is 68.1 Å². The lowest BCUT2D eigenvalue weighted by Crippen LogP contribution is -2.35. The van der Waals surface area contributed by atoms with E-state index in [1.54, 1.807) is 6.07 Å². The summed E-state index contributed by atoms with van der Waals surface area (Å²) in [5.41, 5.74) is 1.78. The maximum atomic E-state index is 13.5. The van der Waals surface area contributed by atoms with Gasteiger partial charge in [-0.3, -0.25) is 0 Å². The molecule has 2 bridgehead atoms. The Morgan fingerprint density at radius 3 is 2.79 bits per heavy atom. The lowest BCUT2D eigenvalue weighted by Gasteiger charge is -2.28. The van der Waals surface area contributed by atoms with E-state index in [0.29, 0.717) is 6.04 Å². The van der Waals surface area contributed by atoms with Gasteiger partial charge in [0.2, 0.25) is 0 Å². The van der Waals surface area contributed by atoms with Crippen molar-refractivity contribution in [3.63, 3.8) is 0 Å². The Morgan fingerprint density at radius 1 is 1.32 bits per heavy atom. The predicted molar refractivity (Wildman–Crippen MR) is 76.4 cm³/mol. The maximum absolute atomic E-state index is 13.5. The van der Waals surface area contributed by atoms with Crippen LogP contribution in [0, 0.1) is 30.5 Å². The van der Waals surface area contributed by atoms with Crippen molar-refractivity contribution in [2.45, 2.75) is 52.1 Å². The fourth-order valence-corrected chi connectivity index (χ4v) is 4.08. The molecule has 0 saturated heterocycles. The van der Waals surface area contributed by atoms with Gasteiger partial charge in [0.25, 0.3) is 0 Å². The summed E-state index contributed by atoms with van der Waals surface area (Å²) in [6.45, 7) is 4.90. The van der Waals surface area contributed by atoms with Crippen LogP contribution in [-0.4, -0.2) is 6.04 Å². The topological polar surface area (TPSA) is 12.0 Å². The molecule has 0 aliphatic heterocycles. The van der Waals surface area contributed by atoms with Crippen LogP contribution in [0.1, 0.15) is 43.7 Å². The van der Waals surface area contributed by atoms with Crippen LogP contribution in [0.2, 0.25) is 0 Å². The summed E-state index contributed by atoms with van der Waals surface area (Å²) in [5.74, 6) is 2.69. The number of benzene rings is 1. The van der Waals surface area contributed by atoms with Gasteiger partial charge in [0, 0.05) is 12.6 Å². The molecule has 1 aromatic carbocycles. The molecule has 4 unspecified atom stereocenters. The number of rotatable bonds is 4. The average molecular weight is 261 g/mol. The molecule has 19 heavy (non-hydrogen) atoms. The first kappa shape index (κ1) is 13.1. The van der Waals surface area contributed by atoms with E-state index in [1.165, 1.54) is 25.7 Å². The number of halogens is 1. The third-order valence-electron chi connectivity index (χ3n) is 5.30. The van der Waals surface area contributed by atoms with Gasteiger partial charge in [-0.2, -0.15) is 0 Å². The van der Waals surface area contributed by atoms with Gasteiger partial charge in [0.1, 0.15) is 5.82 Å². The molecule has 1 N–H and O–H groups in total. The van der Waals surface area contributed by atoms with E-state index in [4.69, 9.17) is 0 Å². The highest BCUT2D eigenvalue weighted by Crippen LogP contribution is 2.49. The van der Waals surface area contributed by atoms with Crippen LogP contribution in [0.4, 0.5) is 4.39 Å². The van der Waals surface area contributed by atoms with Crippen molar-refractivity contribution in [3.05, 3.63) is 35.1 Å². The molecule has 0 aromatic heterocycles. The van der Waals surface area contributed by atoms with E-state index in [0.717, 1.165) is 35.4 Å². The minimum atomic E-state index is -0.0909. The molecule has 2 aliphatic rings. The molecule has 2 saturated carbocycles. The summed E-state index contributed by atoms with van der Waals surface area (Å²) in [6, 6.07) is 6.11. The zero-order chi connectivity index (χ0) is 13.4. The van der Waals surface area contributed by atoms with Crippen molar-refractivity contribution in [2.24, 2.45) is 17.8 Å². The molecule has 2 aliphatic carbocycles. The Balaban J connectivity index is 1.55. The fourth-order valence-electron chi connectivity index (χ4n) is 4.08. The minimum Gasteiger partial charge on any atom is -0.310 e. The number of hydrogen-bond acceptors (Lipinski definition) is 1. The second kappa shape index (κ2) is 5.24. The van der Waals surface area contributed by atoms with Gasteiger partial charge >= 0.3 is 0 Å². The number of nitrogens with one attached hydrogen (secondary N) is 1. The first-order chi connectivity index (χ1) is 9.13. The summed E-state index contributed by atoms with van der Waals surface area (Å²) in [6.07, 6.45) is 5.74. The zero-order valence-corrected chi connectivity index (χ0v) is 12.0. The highest BCUT2D eigenvalue weighted by molar-refractivity contribution is 5.23. The molecule has 0 amide bonds. The molecule has 0 heterocycles. The van der Waals surface area contributed by atoms with Crippen LogP contribution in [0.3, 0.4) is 0 Å². The van der Waals surface area contributed by atoms with E-state index < -0.39 is 0 Å². The lowest BCUT2D eigenvalue weighted by molar-refractivity contribution is 0.259. The highest BCUT2D eigenvalue weighted by Gasteiger charge is 2.41. The zero-order valence-electron chi connectivity index (χ0n) is 12.0. The molecule has 0 spiro atoms. The third-order valence-corrected chi connectivity index (χ3v) is 5.30.